The Morgan fingerprint density at radius 1 is 1.14 bits per heavy atom. The summed E-state index contributed by atoms with van der Waals surface area (Å²) in [6.07, 6.45) is -14.1. The Labute approximate surface area is 123 Å². The molecule has 3 nitrogen and oxygen atoms in total. The molecule has 0 amide bonds. The van der Waals surface area contributed by atoms with Crippen LogP contribution in [0.15, 0.2) is 18.2 Å². The molecule has 0 saturated carbocycles. The SMILES string of the molecule is CC(C)Cc1cc(N)ccc1OC(F)(F)C(F)OC(F)(F)F. The van der Waals surface area contributed by atoms with Gasteiger partial charge in [0, 0.05) is 5.69 Å². The molecule has 0 aliphatic heterocycles. The van der Waals surface area contributed by atoms with E-state index in [1.807, 2.05) is 0 Å². The molecule has 126 valence electrons. The molecule has 0 aromatic heterocycles. The number of rotatable bonds is 6. The molecule has 2 N–H and O–H groups in total. The molecule has 0 spiro atoms. The van der Waals surface area contributed by atoms with Crippen molar-refractivity contribution in [2.45, 2.75) is 39.1 Å². The number of nitrogens with two attached hydrogens (primary N) is 1. The lowest BCUT2D eigenvalue weighted by Gasteiger charge is -2.24. The average molecular weight is 331 g/mol. The van der Waals surface area contributed by atoms with Gasteiger partial charge in [-0.1, -0.05) is 13.8 Å². The third-order valence-electron chi connectivity index (χ3n) is 2.46. The van der Waals surface area contributed by atoms with Gasteiger partial charge in [0.25, 0.3) is 0 Å². The molecule has 9 heteroatoms. The first-order valence-corrected chi connectivity index (χ1v) is 6.24. The molecule has 1 unspecified atom stereocenters. The van der Waals surface area contributed by atoms with Crippen LogP contribution in [0.2, 0.25) is 0 Å². The minimum atomic E-state index is -5.55. The molecule has 0 heterocycles. The Bertz CT molecular complexity index is 504. The summed E-state index contributed by atoms with van der Waals surface area (Å²) in [5, 5.41) is 0. The van der Waals surface area contributed by atoms with Crippen molar-refractivity contribution in [2.24, 2.45) is 5.92 Å². The van der Waals surface area contributed by atoms with E-state index in [0.717, 1.165) is 6.07 Å². The van der Waals surface area contributed by atoms with E-state index in [9.17, 15) is 26.3 Å². The minimum absolute atomic E-state index is 0.0328. The monoisotopic (exact) mass is 331 g/mol. The molecule has 1 aromatic rings. The first-order valence-electron chi connectivity index (χ1n) is 6.24. The first kappa shape index (κ1) is 18.4. The maximum absolute atomic E-state index is 13.4. The Balaban J connectivity index is 2.97. The fraction of sp³-hybridized carbons (Fsp3) is 0.538. The van der Waals surface area contributed by atoms with Crippen LogP contribution in [-0.2, 0) is 11.2 Å². The summed E-state index contributed by atoms with van der Waals surface area (Å²) in [5.74, 6) is -0.424. The highest BCUT2D eigenvalue weighted by Crippen LogP contribution is 2.34. The van der Waals surface area contributed by atoms with Crippen LogP contribution in [0.25, 0.3) is 0 Å². The maximum Gasteiger partial charge on any atom is 0.525 e. The lowest BCUT2D eigenvalue weighted by molar-refractivity contribution is -0.411. The number of hydrogen-bond donors (Lipinski definition) is 1. The summed E-state index contributed by atoms with van der Waals surface area (Å²) in [7, 11) is 0. The van der Waals surface area contributed by atoms with Crippen LogP contribution in [-0.4, -0.2) is 18.8 Å². The van der Waals surface area contributed by atoms with Crippen molar-refractivity contribution in [1.29, 1.82) is 0 Å². The summed E-state index contributed by atoms with van der Waals surface area (Å²) in [6.45, 7) is 3.58. The maximum atomic E-state index is 13.4. The number of benzene rings is 1. The predicted molar refractivity (Wildman–Crippen MR) is 67.0 cm³/mol. The Morgan fingerprint density at radius 3 is 2.23 bits per heavy atom. The number of anilines is 1. The standard InChI is InChI=1S/C13H15F6NO2/c1-7(2)5-8-6-9(20)3-4-10(8)21-12(15,16)11(14)22-13(17,18)19/h3-4,6-7,11H,5,20H2,1-2H3. The van der Waals surface area contributed by atoms with Crippen LogP contribution in [0, 0.1) is 5.92 Å². The van der Waals surface area contributed by atoms with Gasteiger partial charge >= 0.3 is 18.8 Å². The summed E-state index contributed by atoms with van der Waals surface area (Å²) >= 11 is 0. The van der Waals surface area contributed by atoms with Crippen LogP contribution >= 0.6 is 0 Å². The molecule has 1 aromatic carbocycles. The van der Waals surface area contributed by atoms with Gasteiger partial charge in [-0.2, -0.15) is 8.78 Å². The molecule has 1 atom stereocenters. The molecular formula is C13H15F6NO2. The molecule has 0 fully saturated rings. The van der Waals surface area contributed by atoms with Crippen molar-refractivity contribution in [3.05, 3.63) is 23.8 Å². The second-order valence-corrected chi connectivity index (χ2v) is 5.01. The molecule has 0 aliphatic carbocycles. The zero-order valence-electron chi connectivity index (χ0n) is 11.8. The van der Waals surface area contributed by atoms with Crippen molar-refractivity contribution >= 4 is 5.69 Å². The van der Waals surface area contributed by atoms with Gasteiger partial charge < -0.3 is 10.5 Å². The zero-order chi connectivity index (χ0) is 17.1. The average Bonchev–Trinajstić information content (AvgIpc) is 2.29. The van der Waals surface area contributed by atoms with E-state index in [-0.39, 0.29) is 23.6 Å². The molecule has 0 bridgehead atoms. The topological polar surface area (TPSA) is 44.5 Å². The Morgan fingerprint density at radius 2 is 1.73 bits per heavy atom. The Kier molecular flexibility index (Phi) is 5.55. The summed E-state index contributed by atoms with van der Waals surface area (Å²) in [4.78, 5) is 0. The number of nitrogen functional groups attached to an aromatic ring is 1. The van der Waals surface area contributed by atoms with Crippen LogP contribution in [0.3, 0.4) is 0 Å². The fourth-order valence-electron chi connectivity index (χ4n) is 1.68. The second-order valence-electron chi connectivity index (χ2n) is 5.01. The predicted octanol–water partition coefficient (Wildman–Crippen LogP) is 4.27. The van der Waals surface area contributed by atoms with E-state index in [4.69, 9.17) is 5.73 Å². The molecular weight excluding hydrogens is 316 g/mol. The Hall–Kier alpha value is -1.64. The highest BCUT2D eigenvalue weighted by Gasteiger charge is 2.50. The number of alkyl halides is 6. The molecule has 0 aliphatic rings. The van der Waals surface area contributed by atoms with Gasteiger partial charge in [-0.15, -0.1) is 13.2 Å². The van der Waals surface area contributed by atoms with Crippen LogP contribution in [0.1, 0.15) is 19.4 Å². The highest BCUT2D eigenvalue weighted by atomic mass is 19.4. The third kappa shape index (κ3) is 5.63. The highest BCUT2D eigenvalue weighted by molar-refractivity contribution is 5.48. The van der Waals surface area contributed by atoms with Crippen LogP contribution in [0.4, 0.5) is 32.0 Å². The van der Waals surface area contributed by atoms with Gasteiger partial charge in [0.05, 0.1) is 0 Å². The van der Waals surface area contributed by atoms with E-state index in [2.05, 4.69) is 9.47 Å². The molecule has 22 heavy (non-hydrogen) atoms. The van der Waals surface area contributed by atoms with Gasteiger partial charge in [0.15, 0.2) is 0 Å². The fourth-order valence-corrected chi connectivity index (χ4v) is 1.68. The zero-order valence-corrected chi connectivity index (χ0v) is 11.8. The number of ether oxygens (including phenoxy) is 2. The lowest BCUT2D eigenvalue weighted by Crippen LogP contribution is -2.41. The smallest absolute Gasteiger partial charge is 0.428 e. The van der Waals surface area contributed by atoms with Crippen LogP contribution in [0.5, 0.6) is 5.75 Å². The lowest BCUT2D eigenvalue weighted by atomic mass is 10.0. The number of halogens is 6. The van der Waals surface area contributed by atoms with Crippen molar-refractivity contribution in [3.8, 4) is 5.75 Å². The van der Waals surface area contributed by atoms with E-state index < -0.39 is 24.6 Å². The molecule has 1 rings (SSSR count). The van der Waals surface area contributed by atoms with E-state index in [1.165, 1.54) is 12.1 Å². The third-order valence-corrected chi connectivity index (χ3v) is 2.46. The van der Waals surface area contributed by atoms with Crippen molar-refractivity contribution in [3.63, 3.8) is 0 Å². The summed E-state index contributed by atoms with van der Waals surface area (Å²) in [5.41, 5.74) is 6.01. The first-order chi connectivity index (χ1) is 9.90. The quantitative estimate of drug-likeness (QED) is 0.625. The number of hydrogen-bond acceptors (Lipinski definition) is 3. The van der Waals surface area contributed by atoms with E-state index in [0.29, 0.717) is 0 Å². The minimum Gasteiger partial charge on any atom is -0.428 e. The van der Waals surface area contributed by atoms with Gasteiger partial charge in [0.2, 0.25) is 0 Å². The molecule has 0 saturated heterocycles. The van der Waals surface area contributed by atoms with Gasteiger partial charge in [-0.3, -0.25) is 0 Å². The summed E-state index contributed by atoms with van der Waals surface area (Å²) < 4.78 is 82.0. The van der Waals surface area contributed by atoms with Gasteiger partial charge in [0.1, 0.15) is 5.75 Å². The normalized spacial score (nSPS) is 14.2. The van der Waals surface area contributed by atoms with E-state index >= 15 is 0 Å². The van der Waals surface area contributed by atoms with Crippen molar-refractivity contribution < 1.29 is 35.8 Å². The second kappa shape index (κ2) is 6.64. The summed E-state index contributed by atoms with van der Waals surface area (Å²) in [6, 6.07) is 3.59. The van der Waals surface area contributed by atoms with Crippen molar-refractivity contribution in [2.75, 3.05) is 5.73 Å². The largest absolute Gasteiger partial charge is 0.525 e. The van der Waals surface area contributed by atoms with Crippen molar-refractivity contribution in [1.82, 2.24) is 0 Å². The molecule has 0 radical (unpaired) electrons. The van der Waals surface area contributed by atoms with Crippen LogP contribution < -0.4 is 10.5 Å². The van der Waals surface area contributed by atoms with Gasteiger partial charge in [-0.25, -0.2) is 9.13 Å². The van der Waals surface area contributed by atoms with Gasteiger partial charge in [-0.05, 0) is 36.1 Å². The van der Waals surface area contributed by atoms with E-state index in [1.54, 1.807) is 13.8 Å².